The predicted molar refractivity (Wildman–Crippen MR) is 112 cm³/mol. The highest BCUT2D eigenvalue weighted by Gasteiger charge is 2.33. The number of non-ortho nitro benzene ring substituents is 1. The number of hydrogen-bond acceptors (Lipinski definition) is 7. The molecule has 0 spiro atoms. The number of amides is 1. The number of benzene rings is 2. The van der Waals surface area contributed by atoms with Crippen molar-refractivity contribution < 1.29 is 22.9 Å². The third kappa shape index (κ3) is 4.40. The largest absolute Gasteiger partial charge is 0.484 e. The van der Waals surface area contributed by atoms with Gasteiger partial charge in [-0.2, -0.15) is 5.10 Å². The number of nitrogens with zero attached hydrogens (tertiary/aromatic N) is 3. The molecular formula is C20H18N4O6S. The summed E-state index contributed by atoms with van der Waals surface area (Å²) in [6.45, 7) is 1.62. The van der Waals surface area contributed by atoms with Crippen LogP contribution in [0.4, 0.5) is 11.5 Å². The molecule has 0 atom stereocenters. The van der Waals surface area contributed by atoms with Crippen LogP contribution >= 0.6 is 0 Å². The average Bonchev–Trinajstić information content (AvgIpc) is 3.19. The Labute approximate surface area is 177 Å². The Bertz CT molecular complexity index is 1280. The predicted octanol–water partition coefficient (Wildman–Crippen LogP) is 2.53. The van der Waals surface area contributed by atoms with Gasteiger partial charge in [0.2, 0.25) is 0 Å². The summed E-state index contributed by atoms with van der Waals surface area (Å²) in [6, 6.07) is 12.8. The zero-order valence-corrected chi connectivity index (χ0v) is 17.3. The van der Waals surface area contributed by atoms with Crippen molar-refractivity contribution in [3.8, 4) is 11.4 Å². The molecule has 31 heavy (non-hydrogen) atoms. The van der Waals surface area contributed by atoms with E-state index in [0.717, 1.165) is 5.56 Å². The summed E-state index contributed by atoms with van der Waals surface area (Å²) in [5.41, 5.74) is 2.09. The van der Waals surface area contributed by atoms with Crippen molar-refractivity contribution in [2.75, 3.05) is 11.9 Å². The molecule has 0 fully saturated rings. The smallest absolute Gasteiger partial charge is 0.269 e. The number of nitrogens with one attached hydrogen (secondary N) is 1. The van der Waals surface area contributed by atoms with Crippen LogP contribution < -0.4 is 10.1 Å². The molecule has 1 N–H and O–H groups in total. The summed E-state index contributed by atoms with van der Waals surface area (Å²) in [7, 11) is -3.35. The van der Waals surface area contributed by atoms with E-state index in [1.54, 1.807) is 12.1 Å². The Morgan fingerprint density at radius 3 is 2.65 bits per heavy atom. The van der Waals surface area contributed by atoms with E-state index in [9.17, 15) is 23.3 Å². The number of sulfone groups is 1. The first-order valence-electron chi connectivity index (χ1n) is 9.27. The van der Waals surface area contributed by atoms with Crippen molar-refractivity contribution in [3.05, 3.63) is 75.5 Å². The van der Waals surface area contributed by atoms with Crippen LogP contribution in [0.25, 0.3) is 5.69 Å². The number of aryl methyl sites for hydroxylation is 1. The first kappa shape index (κ1) is 20.5. The van der Waals surface area contributed by atoms with Crippen molar-refractivity contribution in [1.82, 2.24) is 9.78 Å². The van der Waals surface area contributed by atoms with E-state index in [1.807, 2.05) is 19.1 Å². The Morgan fingerprint density at radius 1 is 1.23 bits per heavy atom. The number of carbonyl (C=O) groups is 1. The van der Waals surface area contributed by atoms with E-state index < -0.39 is 20.7 Å². The lowest BCUT2D eigenvalue weighted by Crippen LogP contribution is -2.23. The zero-order chi connectivity index (χ0) is 22.2. The van der Waals surface area contributed by atoms with Gasteiger partial charge in [0.1, 0.15) is 11.6 Å². The highest BCUT2D eigenvalue weighted by atomic mass is 32.2. The summed E-state index contributed by atoms with van der Waals surface area (Å²) in [6.07, 6.45) is 0. The molecule has 4 rings (SSSR count). The van der Waals surface area contributed by atoms with Crippen LogP contribution in [0.15, 0.2) is 48.5 Å². The Kier molecular flexibility index (Phi) is 5.19. The van der Waals surface area contributed by atoms with Gasteiger partial charge in [-0.25, -0.2) is 13.1 Å². The molecule has 10 nitrogen and oxygen atoms in total. The molecule has 1 aromatic heterocycles. The van der Waals surface area contributed by atoms with Crippen LogP contribution in [0.1, 0.15) is 16.8 Å². The summed E-state index contributed by atoms with van der Waals surface area (Å²) >= 11 is 0. The molecule has 11 heteroatoms. The Balaban J connectivity index is 1.61. The van der Waals surface area contributed by atoms with Gasteiger partial charge in [-0.1, -0.05) is 12.1 Å². The molecule has 0 saturated carbocycles. The standard InChI is InChI=1S/C20H18N4O6S/c1-13-3-2-4-16(9-13)30-10-19(25)21-20-17-11-31(28,29)12-18(17)22-23(20)14-5-7-15(8-6-14)24(26)27/h2-9H,10-12H2,1H3,(H,21,25). The second-order valence-electron chi connectivity index (χ2n) is 7.14. The number of aromatic nitrogens is 2. The van der Waals surface area contributed by atoms with Crippen LogP contribution in [-0.4, -0.2) is 35.6 Å². The number of carbonyl (C=O) groups excluding carboxylic acids is 1. The maximum atomic E-state index is 12.5. The number of hydrogen-bond donors (Lipinski definition) is 1. The second-order valence-corrected chi connectivity index (χ2v) is 9.21. The van der Waals surface area contributed by atoms with Gasteiger partial charge in [0, 0.05) is 17.7 Å². The normalized spacial score (nSPS) is 14.1. The van der Waals surface area contributed by atoms with Crippen LogP contribution in [0.3, 0.4) is 0 Å². The molecule has 3 aromatic rings. The quantitative estimate of drug-likeness (QED) is 0.458. The third-order valence-corrected chi connectivity index (χ3v) is 6.15. The summed E-state index contributed by atoms with van der Waals surface area (Å²) in [5, 5.41) is 17.9. The maximum absolute atomic E-state index is 12.5. The second kappa shape index (κ2) is 7.84. The van der Waals surface area contributed by atoms with Gasteiger partial charge >= 0.3 is 0 Å². The van der Waals surface area contributed by atoms with Crippen molar-refractivity contribution in [2.45, 2.75) is 18.4 Å². The monoisotopic (exact) mass is 442 g/mol. The topological polar surface area (TPSA) is 133 Å². The molecule has 1 aliphatic rings. The van der Waals surface area contributed by atoms with Gasteiger partial charge < -0.3 is 10.1 Å². The van der Waals surface area contributed by atoms with E-state index in [2.05, 4.69) is 10.4 Å². The van der Waals surface area contributed by atoms with Crippen molar-refractivity contribution in [2.24, 2.45) is 0 Å². The van der Waals surface area contributed by atoms with E-state index in [-0.39, 0.29) is 29.6 Å². The maximum Gasteiger partial charge on any atom is 0.269 e. The highest BCUT2D eigenvalue weighted by molar-refractivity contribution is 7.90. The average molecular weight is 442 g/mol. The van der Waals surface area contributed by atoms with Gasteiger partial charge in [-0.3, -0.25) is 14.9 Å². The molecule has 0 bridgehead atoms. The van der Waals surface area contributed by atoms with E-state index >= 15 is 0 Å². The minimum Gasteiger partial charge on any atom is -0.484 e. The number of ether oxygens (including phenoxy) is 1. The molecule has 0 saturated heterocycles. The SMILES string of the molecule is Cc1cccc(OCC(=O)Nc2c3c(nn2-c2ccc([N+](=O)[O-])cc2)CS(=O)(=O)C3)c1. The first-order chi connectivity index (χ1) is 14.7. The fourth-order valence-corrected chi connectivity index (χ4v) is 4.79. The fourth-order valence-electron chi connectivity index (χ4n) is 3.30. The fraction of sp³-hybridized carbons (Fsp3) is 0.200. The summed E-state index contributed by atoms with van der Waals surface area (Å²) < 4.78 is 31.0. The number of nitro benzene ring substituents is 1. The summed E-state index contributed by atoms with van der Waals surface area (Å²) in [4.78, 5) is 22.9. The molecule has 2 aromatic carbocycles. The lowest BCUT2D eigenvalue weighted by atomic mass is 10.2. The minimum atomic E-state index is -3.35. The number of rotatable bonds is 6. The molecule has 0 radical (unpaired) electrons. The van der Waals surface area contributed by atoms with E-state index in [1.165, 1.54) is 28.9 Å². The molecule has 1 aliphatic heterocycles. The lowest BCUT2D eigenvalue weighted by Gasteiger charge is -2.12. The minimum absolute atomic E-state index is 0.0943. The number of anilines is 1. The van der Waals surface area contributed by atoms with E-state index in [0.29, 0.717) is 22.7 Å². The molecule has 0 unspecified atom stereocenters. The Hall–Kier alpha value is -3.73. The molecule has 160 valence electrons. The van der Waals surface area contributed by atoms with Gasteiger partial charge in [-0.15, -0.1) is 0 Å². The first-order valence-corrected chi connectivity index (χ1v) is 11.1. The molecule has 2 heterocycles. The summed E-state index contributed by atoms with van der Waals surface area (Å²) in [5.74, 6) is -0.222. The van der Waals surface area contributed by atoms with E-state index in [4.69, 9.17) is 4.74 Å². The van der Waals surface area contributed by atoms with Gasteiger partial charge in [-0.05, 0) is 36.8 Å². The van der Waals surface area contributed by atoms with Crippen molar-refractivity contribution in [3.63, 3.8) is 0 Å². The number of nitro groups is 1. The van der Waals surface area contributed by atoms with Gasteiger partial charge in [0.15, 0.2) is 16.4 Å². The van der Waals surface area contributed by atoms with Crippen molar-refractivity contribution >= 4 is 27.2 Å². The van der Waals surface area contributed by atoms with Crippen LogP contribution in [0.2, 0.25) is 0 Å². The number of fused-ring (bicyclic) bond motifs is 1. The molecular weight excluding hydrogens is 424 g/mol. The van der Waals surface area contributed by atoms with Crippen molar-refractivity contribution in [1.29, 1.82) is 0 Å². The van der Waals surface area contributed by atoms with Crippen LogP contribution in [-0.2, 0) is 26.1 Å². The zero-order valence-electron chi connectivity index (χ0n) is 16.4. The Morgan fingerprint density at radius 2 is 1.97 bits per heavy atom. The third-order valence-electron chi connectivity index (χ3n) is 4.71. The highest BCUT2D eigenvalue weighted by Crippen LogP contribution is 2.33. The van der Waals surface area contributed by atoms with Gasteiger partial charge in [0.05, 0.1) is 27.8 Å². The van der Waals surface area contributed by atoms with Crippen LogP contribution in [0, 0.1) is 17.0 Å². The molecule has 1 amide bonds. The molecule has 0 aliphatic carbocycles. The van der Waals surface area contributed by atoms with Gasteiger partial charge in [0.25, 0.3) is 11.6 Å². The lowest BCUT2D eigenvalue weighted by molar-refractivity contribution is -0.384. The van der Waals surface area contributed by atoms with Crippen LogP contribution in [0.5, 0.6) is 5.75 Å².